The number of nitrogens with one attached hydrogen (secondary N) is 1. The molecule has 0 radical (unpaired) electrons. The lowest BCUT2D eigenvalue weighted by atomic mass is 10.2. The Labute approximate surface area is 105 Å². The summed E-state index contributed by atoms with van der Waals surface area (Å²) in [4.78, 5) is 2.53. The van der Waals surface area contributed by atoms with Crippen LogP contribution in [0, 0.1) is 0 Å². The third-order valence-corrected chi connectivity index (χ3v) is 3.52. The highest BCUT2D eigenvalue weighted by Gasteiger charge is 2.29. The summed E-state index contributed by atoms with van der Waals surface area (Å²) in [6.45, 7) is 11.3. The number of nitrogens with zero attached hydrogens (tertiary/aromatic N) is 1. The van der Waals surface area contributed by atoms with Gasteiger partial charge in [0.2, 0.25) is 0 Å². The predicted octanol–water partition coefficient (Wildman–Crippen LogP) is 1.21. The van der Waals surface area contributed by atoms with Gasteiger partial charge in [-0.15, -0.1) is 0 Å². The average Bonchev–Trinajstić information content (AvgIpc) is 2.74. The van der Waals surface area contributed by atoms with Crippen LogP contribution in [0.15, 0.2) is 0 Å². The molecule has 2 heterocycles. The molecule has 0 aromatic heterocycles. The summed E-state index contributed by atoms with van der Waals surface area (Å²) in [5, 5.41) is 3.59. The van der Waals surface area contributed by atoms with Gasteiger partial charge in [-0.2, -0.15) is 0 Å². The van der Waals surface area contributed by atoms with E-state index in [0.717, 1.165) is 19.8 Å². The highest BCUT2D eigenvalue weighted by molar-refractivity contribution is 4.79. The number of rotatable bonds is 4. The smallest absolute Gasteiger partial charge is 0.162 e. The molecular formula is C13H26N2O2. The summed E-state index contributed by atoms with van der Waals surface area (Å²) in [7, 11) is 0. The molecule has 1 atom stereocenters. The fourth-order valence-electron chi connectivity index (χ4n) is 2.60. The molecule has 2 aliphatic heterocycles. The lowest BCUT2D eigenvalue weighted by Crippen LogP contribution is -2.52. The maximum atomic E-state index is 5.65. The molecule has 4 nitrogen and oxygen atoms in total. The summed E-state index contributed by atoms with van der Waals surface area (Å²) < 4.78 is 11.3. The van der Waals surface area contributed by atoms with Crippen molar-refractivity contribution in [1.82, 2.24) is 10.2 Å². The van der Waals surface area contributed by atoms with Crippen LogP contribution in [0.1, 0.15) is 33.6 Å². The van der Waals surface area contributed by atoms with E-state index >= 15 is 0 Å². The van der Waals surface area contributed by atoms with Crippen LogP contribution in [0.3, 0.4) is 0 Å². The SMILES string of the molecule is CC(CN1CCCC1)NC1COC(C)(C)OC1. The van der Waals surface area contributed by atoms with Crippen molar-refractivity contribution in [3.63, 3.8) is 0 Å². The van der Waals surface area contributed by atoms with Crippen molar-refractivity contribution in [2.24, 2.45) is 0 Å². The number of hydrogen-bond donors (Lipinski definition) is 1. The van der Waals surface area contributed by atoms with Gasteiger partial charge in [0.25, 0.3) is 0 Å². The van der Waals surface area contributed by atoms with Crippen molar-refractivity contribution in [3.8, 4) is 0 Å². The maximum absolute atomic E-state index is 5.65. The molecule has 0 aromatic rings. The maximum Gasteiger partial charge on any atom is 0.162 e. The van der Waals surface area contributed by atoms with Crippen molar-refractivity contribution in [1.29, 1.82) is 0 Å². The minimum absolute atomic E-state index is 0.334. The van der Waals surface area contributed by atoms with E-state index < -0.39 is 5.79 Å². The minimum Gasteiger partial charge on any atom is -0.349 e. The minimum atomic E-state index is -0.406. The van der Waals surface area contributed by atoms with Crippen molar-refractivity contribution in [2.75, 3.05) is 32.8 Å². The van der Waals surface area contributed by atoms with Crippen molar-refractivity contribution in [2.45, 2.75) is 51.5 Å². The fourth-order valence-corrected chi connectivity index (χ4v) is 2.60. The largest absolute Gasteiger partial charge is 0.349 e. The molecule has 17 heavy (non-hydrogen) atoms. The summed E-state index contributed by atoms with van der Waals surface area (Å²) in [5.41, 5.74) is 0. The van der Waals surface area contributed by atoms with Gasteiger partial charge >= 0.3 is 0 Å². The summed E-state index contributed by atoms with van der Waals surface area (Å²) in [6.07, 6.45) is 2.72. The topological polar surface area (TPSA) is 33.7 Å². The van der Waals surface area contributed by atoms with Crippen molar-refractivity contribution < 1.29 is 9.47 Å². The van der Waals surface area contributed by atoms with Gasteiger partial charge in [0.15, 0.2) is 5.79 Å². The second kappa shape index (κ2) is 5.65. The third-order valence-electron chi connectivity index (χ3n) is 3.52. The zero-order valence-electron chi connectivity index (χ0n) is 11.4. The molecule has 2 aliphatic rings. The van der Waals surface area contributed by atoms with Gasteiger partial charge in [-0.05, 0) is 46.7 Å². The van der Waals surface area contributed by atoms with Crippen LogP contribution >= 0.6 is 0 Å². The van der Waals surface area contributed by atoms with Crippen LogP contribution in [0.25, 0.3) is 0 Å². The van der Waals surface area contributed by atoms with Crippen molar-refractivity contribution in [3.05, 3.63) is 0 Å². The van der Waals surface area contributed by atoms with E-state index in [9.17, 15) is 0 Å². The van der Waals surface area contributed by atoms with Gasteiger partial charge in [0, 0.05) is 12.6 Å². The Morgan fingerprint density at radius 3 is 2.41 bits per heavy atom. The highest BCUT2D eigenvalue weighted by atomic mass is 16.7. The molecule has 0 bridgehead atoms. The molecule has 2 rings (SSSR count). The summed E-state index contributed by atoms with van der Waals surface area (Å²) >= 11 is 0. The fraction of sp³-hybridized carbons (Fsp3) is 1.00. The first-order chi connectivity index (χ1) is 8.05. The van der Waals surface area contributed by atoms with Crippen molar-refractivity contribution >= 4 is 0 Å². The third kappa shape index (κ3) is 4.21. The second-order valence-electron chi connectivity index (χ2n) is 5.79. The zero-order valence-corrected chi connectivity index (χ0v) is 11.4. The Morgan fingerprint density at radius 1 is 1.24 bits per heavy atom. The molecule has 0 aliphatic carbocycles. The molecule has 2 saturated heterocycles. The van der Waals surface area contributed by atoms with E-state index in [-0.39, 0.29) is 0 Å². The van der Waals surface area contributed by atoms with E-state index in [2.05, 4.69) is 17.1 Å². The summed E-state index contributed by atoms with van der Waals surface area (Å²) in [6, 6.07) is 0.840. The quantitative estimate of drug-likeness (QED) is 0.803. The van der Waals surface area contributed by atoms with Crippen LogP contribution in [0.2, 0.25) is 0 Å². The normalized spacial score (nSPS) is 28.4. The first kappa shape index (κ1) is 13.3. The Kier molecular flexibility index (Phi) is 4.42. The first-order valence-corrected chi connectivity index (χ1v) is 6.81. The van der Waals surface area contributed by atoms with Gasteiger partial charge in [-0.1, -0.05) is 0 Å². The lowest BCUT2D eigenvalue weighted by molar-refractivity contribution is -0.253. The molecule has 1 unspecified atom stereocenters. The second-order valence-corrected chi connectivity index (χ2v) is 5.79. The van der Waals surface area contributed by atoms with E-state index in [1.807, 2.05) is 13.8 Å². The molecule has 0 amide bonds. The highest BCUT2D eigenvalue weighted by Crippen LogP contribution is 2.17. The Balaban J connectivity index is 1.66. The van der Waals surface area contributed by atoms with Gasteiger partial charge < -0.3 is 19.7 Å². The van der Waals surface area contributed by atoms with Gasteiger partial charge in [-0.25, -0.2) is 0 Å². The van der Waals surface area contributed by atoms with E-state index in [0.29, 0.717) is 12.1 Å². The van der Waals surface area contributed by atoms with Gasteiger partial charge in [-0.3, -0.25) is 0 Å². The lowest BCUT2D eigenvalue weighted by Gasteiger charge is -2.36. The van der Waals surface area contributed by atoms with Crippen LogP contribution in [-0.4, -0.2) is 55.6 Å². The monoisotopic (exact) mass is 242 g/mol. The Morgan fingerprint density at radius 2 is 1.82 bits per heavy atom. The van der Waals surface area contributed by atoms with Crippen LogP contribution in [0.5, 0.6) is 0 Å². The molecule has 2 fully saturated rings. The molecule has 0 spiro atoms. The number of ether oxygens (including phenoxy) is 2. The molecule has 0 saturated carbocycles. The molecular weight excluding hydrogens is 216 g/mol. The van der Waals surface area contributed by atoms with Gasteiger partial charge in [0.1, 0.15) is 0 Å². The average molecular weight is 242 g/mol. The predicted molar refractivity (Wildman–Crippen MR) is 68.0 cm³/mol. The zero-order chi connectivity index (χ0) is 12.3. The Hall–Kier alpha value is -0.160. The van der Waals surface area contributed by atoms with E-state index in [4.69, 9.17) is 9.47 Å². The standard InChI is InChI=1S/C13H26N2O2/c1-11(8-15-6-4-5-7-15)14-12-9-16-13(2,3)17-10-12/h11-12,14H,4-10H2,1-3H3. The van der Waals surface area contributed by atoms with Crippen LogP contribution in [-0.2, 0) is 9.47 Å². The number of likely N-dealkylation sites (tertiary alicyclic amines) is 1. The van der Waals surface area contributed by atoms with Gasteiger partial charge in [0.05, 0.1) is 19.3 Å². The molecule has 0 aromatic carbocycles. The number of hydrogen-bond acceptors (Lipinski definition) is 4. The molecule has 1 N–H and O–H groups in total. The summed E-state index contributed by atoms with van der Waals surface area (Å²) in [5.74, 6) is -0.406. The first-order valence-electron chi connectivity index (χ1n) is 6.81. The Bertz CT molecular complexity index is 230. The van der Waals surface area contributed by atoms with Crippen LogP contribution in [0.4, 0.5) is 0 Å². The molecule has 100 valence electrons. The van der Waals surface area contributed by atoms with E-state index in [1.165, 1.54) is 25.9 Å². The van der Waals surface area contributed by atoms with E-state index in [1.54, 1.807) is 0 Å². The van der Waals surface area contributed by atoms with Crippen LogP contribution < -0.4 is 5.32 Å². The molecule has 4 heteroatoms.